The summed E-state index contributed by atoms with van der Waals surface area (Å²) in [6, 6.07) is 7.56. The predicted octanol–water partition coefficient (Wildman–Crippen LogP) is 3.53. The van der Waals surface area contributed by atoms with Crippen molar-refractivity contribution in [2.75, 3.05) is 25.5 Å². The van der Waals surface area contributed by atoms with Crippen molar-refractivity contribution in [2.24, 2.45) is 5.92 Å². The highest BCUT2D eigenvalue weighted by molar-refractivity contribution is 5.58. The van der Waals surface area contributed by atoms with Crippen molar-refractivity contribution in [1.29, 1.82) is 0 Å². The minimum absolute atomic E-state index is 0.517. The molecule has 0 bridgehead atoms. The molecule has 112 valence electrons. The van der Waals surface area contributed by atoms with Gasteiger partial charge in [0.25, 0.3) is 0 Å². The summed E-state index contributed by atoms with van der Waals surface area (Å²) in [6.07, 6.45) is 1.18. The second-order valence-corrected chi connectivity index (χ2v) is 6.19. The molecular weight excluding hydrogens is 248 g/mol. The van der Waals surface area contributed by atoms with Crippen LogP contribution in [0.3, 0.4) is 0 Å². The molecule has 0 radical (unpaired) electrons. The van der Waals surface area contributed by atoms with Crippen LogP contribution >= 0.6 is 0 Å². The van der Waals surface area contributed by atoms with Crippen molar-refractivity contribution < 1.29 is 4.74 Å². The van der Waals surface area contributed by atoms with Gasteiger partial charge in [-0.2, -0.15) is 0 Å². The van der Waals surface area contributed by atoms with E-state index in [4.69, 9.17) is 4.74 Å². The van der Waals surface area contributed by atoms with E-state index < -0.39 is 0 Å². The maximum atomic E-state index is 5.77. The van der Waals surface area contributed by atoms with Crippen LogP contribution in [0.1, 0.15) is 32.8 Å². The van der Waals surface area contributed by atoms with Crippen LogP contribution in [-0.4, -0.2) is 37.2 Å². The van der Waals surface area contributed by atoms with Gasteiger partial charge in [-0.1, -0.05) is 13.0 Å². The smallest absolute Gasteiger partial charge is 0.142 e. The number of aryl methyl sites for hydroxylation is 1. The first-order valence-corrected chi connectivity index (χ1v) is 7.71. The number of ether oxygens (including phenoxy) is 1. The van der Waals surface area contributed by atoms with Crippen LogP contribution < -0.4 is 10.1 Å². The molecule has 1 aliphatic heterocycles. The van der Waals surface area contributed by atoms with Crippen molar-refractivity contribution in [3.05, 3.63) is 23.8 Å². The van der Waals surface area contributed by atoms with Gasteiger partial charge in [0.05, 0.1) is 12.3 Å². The molecule has 1 aromatic carbocycles. The number of anilines is 1. The van der Waals surface area contributed by atoms with Gasteiger partial charge in [0.15, 0.2) is 0 Å². The van der Waals surface area contributed by atoms with Gasteiger partial charge in [0.2, 0.25) is 0 Å². The molecule has 1 aromatic rings. The summed E-state index contributed by atoms with van der Waals surface area (Å²) in [4.78, 5) is 2.45. The van der Waals surface area contributed by atoms with E-state index in [1.54, 1.807) is 0 Å². The Balaban J connectivity index is 2.13. The van der Waals surface area contributed by atoms with Crippen LogP contribution in [0.15, 0.2) is 18.2 Å². The average Bonchev–Trinajstić information content (AvgIpc) is 2.39. The number of rotatable bonds is 4. The lowest BCUT2D eigenvalue weighted by Gasteiger charge is -2.40. The van der Waals surface area contributed by atoms with E-state index >= 15 is 0 Å². The Morgan fingerprint density at radius 1 is 1.35 bits per heavy atom. The minimum atomic E-state index is 0.517. The Hall–Kier alpha value is -1.22. The number of nitrogens with one attached hydrogen (secondary N) is 1. The number of benzene rings is 1. The van der Waals surface area contributed by atoms with Gasteiger partial charge in [-0.25, -0.2) is 0 Å². The first kappa shape index (κ1) is 15.2. The molecule has 3 heteroatoms. The molecule has 0 amide bonds. The highest BCUT2D eigenvalue weighted by atomic mass is 16.5. The van der Waals surface area contributed by atoms with Gasteiger partial charge in [0, 0.05) is 18.6 Å². The lowest BCUT2D eigenvalue weighted by Crippen LogP contribution is -2.48. The zero-order chi connectivity index (χ0) is 14.7. The maximum Gasteiger partial charge on any atom is 0.142 e. The zero-order valence-corrected chi connectivity index (χ0v) is 13.4. The molecule has 1 fully saturated rings. The topological polar surface area (TPSA) is 24.5 Å². The highest BCUT2D eigenvalue weighted by Crippen LogP contribution is 2.30. The first-order chi connectivity index (χ1) is 9.51. The van der Waals surface area contributed by atoms with E-state index in [1.165, 1.54) is 12.0 Å². The number of nitrogens with zero attached hydrogens (tertiary/aromatic N) is 1. The summed E-state index contributed by atoms with van der Waals surface area (Å²) in [6.45, 7) is 10.6. The van der Waals surface area contributed by atoms with Crippen LogP contribution in [0.4, 0.5) is 5.69 Å². The van der Waals surface area contributed by atoms with E-state index in [0.29, 0.717) is 24.6 Å². The van der Waals surface area contributed by atoms with Crippen molar-refractivity contribution in [2.45, 2.75) is 46.2 Å². The molecule has 3 unspecified atom stereocenters. The molecule has 0 spiro atoms. The van der Waals surface area contributed by atoms with E-state index in [2.05, 4.69) is 56.2 Å². The van der Waals surface area contributed by atoms with Crippen molar-refractivity contribution in [3.8, 4) is 5.75 Å². The van der Waals surface area contributed by atoms with E-state index in [9.17, 15) is 0 Å². The fraction of sp³-hybridized carbons (Fsp3) is 0.647. The summed E-state index contributed by atoms with van der Waals surface area (Å²) < 4.78 is 5.77. The summed E-state index contributed by atoms with van der Waals surface area (Å²) in [5, 5.41) is 3.71. The van der Waals surface area contributed by atoms with Gasteiger partial charge in [-0.3, -0.25) is 0 Å². The van der Waals surface area contributed by atoms with Crippen LogP contribution in [0, 0.1) is 12.8 Å². The number of hydrogen-bond donors (Lipinski definition) is 1. The average molecular weight is 276 g/mol. The standard InChI is InChI=1S/C17H28N2O/c1-6-20-17-9-12(2)7-8-15(17)18-16-10-14(4)19(5)11-13(16)3/h7-9,13-14,16,18H,6,10-11H2,1-5H3. The monoisotopic (exact) mass is 276 g/mol. The molecule has 0 aliphatic carbocycles. The lowest BCUT2D eigenvalue weighted by atomic mass is 9.89. The Labute approximate surface area is 123 Å². The van der Waals surface area contributed by atoms with Crippen LogP contribution in [0.25, 0.3) is 0 Å². The second kappa shape index (κ2) is 6.49. The highest BCUT2D eigenvalue weighted by Gasteiger charge is 2.29. The van der Waals surface area contributed by atoms with Crippen molar-refractivity contribution in [3.63, 3.8) is 0 Å². The summed E-state index contributed by atoms with van der Waals surface area (Å²) in [7, 11) is 2.22. The Bertz CT molecular complexity index is 447. The molecule has 20 heavy (non-hydrogen) atoms. The summed E-state index contributed by atoms with van der Waals surface area (Å²) in [5.41, 5.74) is 2.37. The van der Waals surface area contributed by atoms with Crippen molar-refractivity contribution >= 4 is 5.69 Å². The Morgan fingerprint density at radius 3 is 2.80 bits per heavy atom. The Kier molecular flexibility index (Phi) is 4.92. The van der Waals surface area contributed by atoms with Gasteiger partial charge in [-0.15, -0.1) is 0 Å². The fourth-order valence-electron chi connectivity index (χ4n) is 2.97. The molecular formula is C17H28N2O. The fourth-order valence-corrected chi connectivity index (χ4v) is 2.97. The summed E-state index contributed by atoms with van der Waals surface area (Å²) >= 11 is 0. The SMILES string of the molecule is CCOc1cc(C)ccc1NC1CC(C)N(C)CC1C. The van der Waals surface area contributed by atoms with E-state index in [0.717, 1.165) is 18.0 Å². The van der Waals surface area contributed by atoms with Crippen LogP contribution in [-0.2, 0) is 0 Å². The normalized spacial score (nSPS) is 27.4. The third-order valence-corrected chi connectivity index (χ3v) is 4.39. The number of piperidine rings is 1. The molecule has 1 heterocycles. The minimum Gasteiger partial charge on any atom is -0.492 e. The molecule has 1 aliphatic rings. The van der Waals surface area contributed by atoms with Gasteiger partial charge < -0.3 is 15.0 Å². The summed E-state index contributed by atoms with van der Waals surface area (Å²) in [5.74, 6) is 1.62. The van der Waals surface area contributed by atoms with Crippen molar-refractivity contribution in [1.82, 2.24) is 4.90 Å². The van der Waals surface area contributed by atoms with Gasteiger partial charge >= 0.3 is 0 Å². The third-order valence-electron chi connectivity index (χ3n) is 4.39. The second-order valence-electron chi connectivity index (χ2n) is 6.19. The van der Waals surface area contributed by atoms with Gasteiger partial charge in [-0.05, 0) is 57.9 Å². The van der Waals surface area contributed by atoms with Crippen LogP contribution in [0.5, 0.6) is 5.75 Å². The largest absolute Gasteiger partial charge is 0.492 e. The molecule has 0 aromatic heterocycles. The van der Waals surface area contributed by atoms with Crippen LogP contribution in [0.2, 0.25) is 0 Å². The lowest BCUT2D eigenvalue weighted by molar-refractivity contribution is 0.145. The van der Waals surface area contributed by atoms with E-state index in [-0.39, 0.29) is 0 Å². The Morgan fingerprint density at radius 2 is 2.10 bits per heavy atom. The predicted molar refractivity (Wildman–Crippen MR) is 85.6 cm³/mol. The molecule has 1 N–H and O–H groups in total. The molecule has 2 rings (SSSR count). The van der Waals surface area contributed by atoms with E-state index in [1.807, 2.05) is 6.92 Å². The third kappa shape index (κ3) is 3.45. The quantitative estimate of drug-likeness (QED) is 0.910. The van der Waals surface area contributed by atoms with Gasteiger partial charge in [0.1, 0.15) is 5.75 Å². The molecule has 3 atom stereocenters. The first-order valence-electron chi connectivity index (χ1n) is 7.71. The number of likely N-dealkylation sites (tertiary alicyclic amines) is 1. The number of hydrogen-bond acceptors (Lipinski definition) is 3. The zero-order valence-electron chi connectivity index (χ0n) is 13.4. The maximum absolute atomic E-state index is 5.77. The molecule has 1 saturated heterocycles. The molecule has 0 saturated carbocycles. The molecule has 3 nitrogen and oxygen atoms in total.